The zero-order valence-corrected chi connectivity index (χ0v) is 24.3. The monoisotopic (exact) mass is 573 g/mol. The predicted molar refractivity (Wildman–Crippen MR) is 158 cm³/mol. The molecular formula is C30H31N5O7. The first-order chi connectivity index (χ1) is 20.5. The normalized spacial score (nSPS) is 10.7. The number of anilines is 2. The largest absolute Gasteiger partial charge is 0.497 e. The lowest BCUT2D eigenvalue weighted by Gasteiger charge is -2.15. The third-order valence-electron chi connectivity index (χ3n) is 6.63. The molecule has 0 bridgehead atoms. The van der Waals surface area contributed by atoms with Crippen molar-refractivity contribution < 1.29 is 33.2 Å². The number of imidazole rings is 1. The third kappa shape index (κ3) is 4.98. The van der Waals surface area contributed by atoms with Gasteiger partial charge in [-0.05, 0) is 36.4 Å². The van der Waals surface area contributed by atoms with Crippen LogP contribution in [0, 0.1) is 0 Å². The third-order valence-corrected chi connectivity index (χ3v) is 6.63. The SMILES string of the molecule is COc1ccc(-n2c(-c3cc(OC)c(OC)c(OC)c3)nc3c(Nc4cc(OC)c(OC)c(OC)c4)ncnc32)cc1. The molecule has 12 heteroatoms. The summed E-state index contributed by atoms with van der Waals surface area (Å²) in [5, 5.41) is 3.34. The second kappa shape index (κ2) is 12.0. The summed E-state index contributed by atoms with van der Waals surface area (Å²) in [5.41, 5.74) is 3.24. The van der Waals surface area contributed by atoms with Crippen molar-refractivity contribution >= 4 is 22.7 Å². The van der Waals surface area contributed by atoms with Crippen LogP contribution in [0.2, 0.25) is 0 Å². The number of aromatic nitrogens is 4. The lowest BCUT2D eigenvalue weighted by atomic mass is 10.1. The Morgan fingerprint density at radius 1 is 0.619 bits per heavy atom. The van der Waals surface area contributed by atoms with E-state index < -0.39 is 0 Å². The highest BCUT2D eigenvalue weighted by Gasteiger charge is 2.23. The molecule has 0 saturated carbocycles. The summed E-state index contributed by atoms with van der Waals surface area (Å²) < 4.78 is 40.6. The molecule has 0 aliphatic heterocycles. The number of benzene rings is 3. The van der Waals surface area contributed by atoms with Gasteiger partial charge in [0.15, 0.2) is 40.0 Å². The average molecular weight is 574 g/mol. The number of hydrogen-bond acceptors (Lipinski definition) is 11. The molecule has 0 saturated heterocycles. The van der Waals surface area contributed by atoms with Crippen molar-refractivity contribution in [3.05, 3.63) is 54.9 Å². The Bertz CT molecular complexity index is 1670. The van der Waals surface area contributed by atoms with E-state index in [1.165, 1.54) is 6.33 Å². The molecule has 0 unspecified atom stereocenters. The van der Waals surface area contributed by atoms with Crippen molar-refractivity contribution in [3.8, 4) is 57.3 Å². The maximum atomic E-state index is 5.62. The predicted octanol–water partition coefficient (Wildman–Crippen LogP) is 5.29. The van der Waals surface area contributed by atoms with E-state index in [-0.39, 0.29) is 0 Å². The van der Waals surface area contributed by atoms with E-state index in [1.54, 1.807) is 61.9 Å². The molecule has 2 heterocycles. The number of nitrogens with one attached hydrogen (secondary N) is 1. The van der Waals surface area contributed by atoms with Crippen molar-refractivity contribution in [1.82, 2.24) is 19.5 Å². The first-order valence-corrected chi connectivity index (χ1v) is 12.7. The van der Waals surface area contributed by atoms with E-state index >= 15 is 0 Å². The van der Waals surface area contributed by atoms with Gasteiger partial charge in [-0.3, -0.25) is 4.57 Å². The van der Waals surface area contributed by atoms with Crippen molar-refractivity contribution in [1.29, 1.82) is 0 Å². The Hall–Kier alpha value is -5.39. The summed E-state index contributed by atoms with van der Waals surface area (Å²) in [4.78, 5) is 14.2. The van der Waals surface area contributed by atoms with Crippen LogP contribution in [-0.4, -0.2) is 69.3 Å². The highest BCUT2D eigenvalue weighted by Crippen LogP contribution is 2.43. The van der Waals surface area contributed by atoms with Crippen molar-refractivity contribution in [2.75, 3.05) is 55.1 Å². The Morgan fingerprint density at radius 2 is 1.17 bits per heavy atom. The molecule has 0 aliphatic carbocycles. The van der Waals surface area contributed by atoms with Crippen LogP contribution < -0.4 is 38.5 Å². The Kier molecular flexibility index (Phi) is 8.05. The number of ether oxygens (including phenoxy) is 7. The molecular weight excluding hydrogens is 542 g/mol. The van der Waals surface area contributed by atoms with Gasteiger partial charge in [-0.1, -0.05) is 0 Å². The summed E-state index contributed by atoms with van der Waals surface area (Å²) in [6.45, 7) is 0. The standard InChI is InChI=1S/C30H31N5O7/c1-36-20-10-8-19(9-11-20)35-29(17-12-21(37-2)26(41-6)22(13-17)38-3)34-25-28(31-16-32-30(25)35)33-18-14-23(39-4)27(42-7)24(15-18)40-5/h8-16H,1-7H3,(H,31,32,33). The summed E-state index contributed by atoms with van der Waals surface area (Å²) in [7, 11) is 11.0. The van der Waals surface area contributed by atoms with Crippen LogP contribution in [-0.2, 0) is 0 Å². The number of hydrogen-bond donors (Lipinski definition) is 1. The Balaban J connectivity index is 1.74. The number of nitrogens with zero attached hydrogens (tertiary/aromatic N) is 4. The van der Waals surface area contributed by atoms with Crippen LogP contribution in [0.25, 0.3) is 28.2 Å². The van der Waals surface area contributed by atoms with Gasteiger partial charge >= 0.3 is 0 Å². The number of rotatable bonds is 11. The van der Waals surface area contributed by atoms with Crippen LogP contribution in [0.4, 0.5) is 11.5 Å². The Morgan fingerprint density at radius 3 is 1.67 bits per heavy atom. The van der Waals surface area contributed by atoms with E-state index in [2.05, 4.69) is 15.3 Å². The molecule has 2 aromatic heterocycles. The molecule has 5 aromatic rings. The highest BCUT2D eigenvalue weighted by atomic mass is 16.5. The molecule has 0 spiro atoms. The summed E-state index contributed by atoms with van der Waals surface area (Å²) in [5.74, 6) is 4.67. The van der Waals surface area contributed by atoms with E-state index in [9.17, 15) is 0 Å². The van der Waals surface area contributed by atoms with Crippen LogP contribution >= 0.6 is 0 Å². The van der Waals surface area contributed by atoms with Gasteiger partial charge in [0.25, 0.3) is 0 Å². The summed E-state index contributed by atoms with van der Waals surface area (Å²) in [6.07, 6.45) is 1.48. The molecule has 3 aromatic carbocycles. The first kappa shape index (κ1) is 28.1. The Labute approximate surface area is 242 Å². The molecule has 0 atom stereocenters. The lowest BCUT2D eigenvalue weighted by Crippen LogP contribution is -2.02. The van der Waals surface area contributed by atoms with Gasteiger partial charge in [-0.25, -0.2) is 15.0 Å². The minimum atomic E-state index is 0.468. The van der Waals surface area contributed by atoms with Crippen molar-refractivity contribution in [2.24, 2.45) is 0 Å². The zero-order chi connectivity index (χ0) is 29.8. The molecule has 0 radical (unpaired) electrons. The minimum absolute atomic E-state index is 0.468. The van der Waals surface area contributed by atoms with E-state index in [4.69, 9.17) is 38.1 Å². The van der Waals surface area contributed by atoms with Crippen LogP contribution in [0.5, 0.6) is 40.2 Å². The van der Waals surface area contributed by atoms with E-state index in [1.807, 2.05) is 41.0 Å². The van der Waals surface area contributed by atoms with Crippen molar-refractivity contribution in [3.63, 3.8) is 0 Å². The quantitative estimate of drug-likeness (QED) is 0.222. The molecule has 218 valence electrons. The van der Waals surface area contributed by atoms with Gasteiger partial charge in [0.2, 0.25) is 11.5 Å². The number of methoxy groups -OCH3 is 7. The van der Waals surface area contributed by atoms with Gasteiger partial charge in [0.1, 0.15) is 17.9 Å². The molecule has 0 fully saturated rings. The van der Waals surface area contributed by atoms with Crippen LogP contribution in [0.3, 0.4) is 0 Å². The van der Waals surface area contributed by atoms with Gasteiger partial charge < -0.3 is 38.5 Å². The minimum Gasteiger partial charge on any atom is -0.497 e. The second-order valence-electron chi connectivity index (χ2n) is 8.82. The maximum Gasteiger partial charge on any atom is 0.203 e. The number of fused-ring (bicyclic) bond motifs is 1. The molecule has 0 aliphatic rings. The van der Waals surface area contributed by atoms with E-state index in [0.717, 1.165) is 11.4 Å². The van der Waals surface area contributed by atoms with Crippen LogP contribution in [0.1, 0.15) is 0 Å². The molecule has 5 rings (SSSR count). The lowest BCUT2D eigenvalue weighted by molar-refractivity contribution is 0.324. The van der Waals surface area contributed by atoms with Gasteiger partial charge in [0, 0.05) is 29.1 Å². The fourth-order valence-electron chi connectivity index (χ4n) is 4.65. The smallest absolute Gasteiger partial charge is 0.203 e. The fourth-order valence-corrected chi connectivity index (χ4v) is 4.65. The van der Waals surface area contributed by atoms with Gasteiger partial charge in [0.05, 0.1) is 49.8 Å². The second-order valence-corrected chi connectivity index (χ2v) is 8.82. The zero-order valence-electron chi connectivity index (χ0n) is 24.3. The fraction of sp³-hybridized carbons (Fsp3) is 0.233. The van der Waals surface area contributed by atoms with Crippen molar-refractivity contribution in [2.45, 2.75) is 0 Å². The molecule has 12 nitrogen and oxygen atoms in total. The summed E-state index contributed by atoms with van der Waals surface area (Å²) >= 11 is 0. The summed E-state index contributed by atoms with van der Waals surface area (Å²) in [6, 6.07) is 14.8. The van der Waals surface area contributed by atoms with Gasteiger partial charge in [-0.15, -0.1) is 0 Å². The molecule has 1 N–H and O–H groups in total. The maximum absolute atomic E-state index is 5.62. The van der Waals surface area contributed by atoms with E-state index in [0.29, 0.717) is 68.6 Å². The molecule has 0 amide bonds. The topological polar surface area (TPSA) is 120 Å². The van der Waals surface area contributed by atoms with Crippen LogP contribution in [0.15, 0.2) is 54.9 Å². The molecule has 42 heavy (non-hydrogen) atoms. The first-order valence-electron chi connectivity index (χ1n) is 12.7. The highest BCUT2D eigenvalue weighted by molar-refractivity contribution is 5.90. The van der Waals surface area contributed by atoms with Gasteiger partial charge in [-0.2, -0.15) is 0 Å². The average Bonchev–Trinajstić information content (AvgIpc) is 3.44.